The van der Waals surface area contributed by atoms with Crippen molar-refractivity contribution in [2.24, 2.45) is 0 Å². The average molecular weight is 379 g/mol. The molecule has 0 saturated carbocycles. The highest BCUT2D eigenvalue weighted by Crippen LogP contribution is 2.21. The number of fused-ring (bicyclic) bond motifs is 1. The standard InChI is InChI=1S/C15H17N5O3S2/c1-9-7-24-14-16-10(5-12(21)20(9)14)8-25-15-18-17-13(22)19(15)6-11-3-2-4-23-11/h5,7,11H,2-4,6,8H2,1H3,(H,17,22). The number of hydrogen-bond acceptors (Lipinski definition) is 7. The van der Waals surface area contributed by atoms with E-state index in [-0.39, 0.29) is 17.4 Å². The van der Waals surface area contributed by atoms with Crippen LogP contribution in [0, 0.1) is 6.92 Å². The van der Waals surface area contributed by atoms with Crippen molar-refractivity contribution in [1.29, 1.82) is 0 Å². The van der Waals surface area contributed by atoms with E-state index in [1.165, 1.54) is 29.2 Å². The quantitative estimate of drug-likeness (QED) is 0.674. The summed E-state index contributed by atoms with van der Waals surface area (Å²) in [4.78, 5) is 29.4. The van der Waals surface area contributed by atoms with Gasteiger partial charge in [-0.25, -0.2) is 14.9 Å². The minimum Gasteiger partial charge on any atom is -0.376 e. The van der Waals surface area contributed by atoms with Crippen LogP contribution in [0.15, 0.2) is 26.2 Å². The molecule has 0 aromatic carbocycles. The number of aryl methyl sites for hydroxylation is 1. The van der Waals surface area contributed by atoms with Crippen LogP contribution in [0.4, 0.5) is 0 Å². The van der Waals surface area contributed by atoms with E-state index in [1.54, 1.807) is 8.97 Å². The van der Waals surface area contributed by atoms with Crippen molar-refractivity contribution < 1.29 is 4.74 Å². The van der Waals surface area contributed by atoms with Gasteiger partial charge < -0.3 is 4.74 Å². The molecule has 3 aromatic heterocycles. The minimum atomic E-state index is -0.240. The van der Waals surface area contributed by atoms with Gasteiger partial charge in [0.2, 0.25) is 0 Å². The lowest BCUT2D eigenvalue weighted by Gasteiger charge is -2.10. The Bertz CT molecular complexity index is 1010. The van der Waals surface area contributed by atoms with Gasteiger partial charge in [-0.2, -0.15) is 0 Å². The molecule has 1 saturated heterocycles. The third-order valence-corrected chi connectivity index (χ3v) is 6.06. The van der Waals surface area contributed by atoms with E-state index in [1.807, 2.05) is 12.3 Å². The molecule has 4 rings (SSSR count). The Hall–Kier alpha value is -1.91. The van der Waals surface area contributed by atoms with E-state index in [4.69, 9.17) is 4.74 Å². The second-order valence-electron chi connectivity index (χ2n) is 5.93. The molecule has 8 nitrogen and oxygen atoms in total. The fourth-order valence-corrected chi connectivity index (χ4v) is 4.62. The molecular weight excluding hydrogens is 362 g/mol. The number of ether oxygens (including phenoxy) is 1. The molecule has 4 heterocycles. The molecule has 1 N–H and O–H groups in total. The summed E-state index contributed by atoms with van der Waals surface area (Å²) in [5.41, 5.74) is 1.24. The predicted molar refractivity (Wildman–Crippen MR) is 95.5 cm³/mol. The summed E-state index contributed by atoms with van der Waals surface area (Å²) in [6, 6.07) is 1.54. The van der Waals surface area contributed by atoms with E-state index in [0.29, 0.717) is 28.1 Å². The molecule has 0 radical (unpaired) electrons. The Labute approximate surface area is 150 Å². The predicted octanol–water partition coefficient (Wildman–Crippen LogP) is 1.42. The number of nitrogens with one attached hydrogen (secondary N) is 1. The van der Waals surface area contributed by atoms with Crippen LogP contribution in [-0.2, 0) is 17.0 Å². The normalized spacial score (nSPS) is 17.6. The van der Waals surface area contributed by atoms with Crippen LogP contribution in [0.2, 0.25) is 0 Å². The number of aromatic amines is 1. The zero-order valence-corrected chi connectivity index (χ0v) is 15.2. The summed E-state index contributed by atoms with van der Waals surface area (Å²) >= 11 is 2.83. The molecule has 10 heteroatoms. The van der Waals surface area contributed by atoms with Crippen molar-refractivity contribution >= 4 is 28.1 Å². The summed E-state index contributed by atoms with van der Waals surface area (Å²) in [5.74, 6) is 0.471. The molecule has 25 heavy (non-hydrogen) atoms. The highest BCUT2D eigenvalue weighted by molar-refractivity contribution is 7.98. The van der Waals surface area contributed by atoms with Crippen molar-refractivity contribution in [2.75, 3.05) is 6.61 Å². The maximum Gasteiger partial charge on any atom is 0.344 e. The van der Waals surface area contributed by atoms with E-state index >= 15 is 0 Å². The lowest BCUT2D eigenvalue weighted by molar-refractivity contribution is 0.0941. The maximum absolute atomic E-state index is 12.2. The number of thioether (sulfide) groups is 1. The zero-order valence-electron chi connectivity index (χ0n) is 13.6. The van der Waals surface area contributed by atoms with Crippen LogP contribution in [-0.4, -0.2) is 36.9 Å². The second-order valence-corrected chi connectivity index (χ2v) is 7.71. The summed E-state index contributed by atoms with van der Waals surface area (Å²) in [6.45, 7) is 3.12. The van der Waals surface area contributed by atoms with Gasteiger partial charge in [0.15, 0.2) is 10.1 Å². The Balaban J connectivity index is 1.53. The van der Waals surface area contributed by atoms with Crippen molar-refractivity contribution in [1.82, 2.24) is 24.1 Å². The van der Waals surface area contributed by atoms with Gasteiger partial charge in [-0.1, -0.05) is 11.8 Å². The van der Waals surface area contributed by atoms with Crippen LogP contribution in [0.3, 0.4) is 0 Å². The van der Waals surface area contributed by atoms with Gasteiger partial charge in [0.05, 0.1) is 18.3 Å². The molecule has 1 atom stereocenters. The number of aromatic nitrogens is 5. The van der Waals surface area contributed by atoms with Crippen molar-refractivity contribution in [3.63, 3.8) is 0 Å². The summed E-state index contributed by atoms with van der Waals surface area (Å²) in [7, 11) is 0. The van der Waals surface area contributed by atoms with Crippen molar-refractivity contribution in [3.8, 4) is 0 Å². The molecule has 1 fully saturated rings. The zero-order chi connectivity index (χ0) is 17.4. The molecule has 1 unspecified atom stereocenters. The van der Waals surface area contributed by atoms with Crippen LogP contribution in [0.1, 0.15) is 24.2 Å². The van der Waals surface area contributed by atoms with Crippen LogP contribution < -0.4 is 11.2 Å². The Morgan fingerprint density at radius 1 is 1.48 bits per heavy atom. The first kappa shape index (κ1) is 16.6. The van der Waals surface area contributed by atoms with E-state index in [0.717, 1.165) is 25.1 Å². The summed E-state index contributed by atoms with van der Waals surface area (Å²) < 4.78 is 8.80. The van der Waals surface area contributed by atoms with Gasteiger partial charge in [0.25, 0.3) is 5.56 Å². The molecule has 0 bridgehead atoms. The Morgan fingerprint density at radius 2 is 2.36 bits per heavy atom. The van der Waals surface area contributed by atoms with E-state index < -0.39 is 0 Å². The molecule has 132 valence electrons. The fourth-order valence-electron chi connectivity index (χ4n) is 2.88. The Kier molecular flexibility index (Phi) is 4.48. The van der Waals surface area contributed by atoms with E-state index in [9.17, 15) is 9.59 Å². The first-order valence-electron chi connectivity index (χ1n) is 7.98. The third-order valence-electron chi connectivity index (χ3n) is 4.11. The van der Waals surface area contributed by atoms with Crippen LogP contribution >= 0.6 is 23.1 Å². The third kappa shape index (κ3) is 3.29. The maximum atomic E-state index is 12.2. The second kappa shape index (κ2) is 6.77. The number of H-pyrrole nitrogens is 1. The topological polar surface area (TPSA) is 94.3 Å². The summed E-state index contributed by atoms with van der Waals surface area (Å²) in [6.07, 6.45) is 2.03. The van der Waals surface area contributed by atoms with Crippen LogP contribution in [0.5, 0.6) is 0 Å². The van der Waals surface area contributed by atoms with Gasteiger partial charge in [-0.3, -0.25) is 13.8 Å². The van der Waals surface area contributed by atoms with Crippen molar-refractivity contribution in [2.45, 2.75) is 43.3 Å². The number of rotatable bonds is 5. The molecule has 3 aromatic rings. The largest absolute Gasteiger partial charge is 0.376 e. The van der Waals surface area contributed by atoms with Gasteiger partial charge in [0.1, 0.15) is 0 Å². The smallest absolute Gasteiger partial charge is 0.344 e. The average Bonchev–Trinajstić information content (AvgIpc) is 3.30. The molecule has 1 aliphatic heterocycles. The number of thiazole rings is 1. The first-order chi connectivity index (χ1) is 12.1. The molecular formula is C15H17N5O3S2. The van der Waals surface area contributed by atoms with Crippen molar-refractivity contribution in [3.05, 3.63) is 43.7 Å². The first-order valence-corrected chi connectivity index (χ1v) is 9.85. The van der Waals surface area contributed by atoms with Gasteiger partial charge in [-0.05, 0) is 19.8 Å². The van der Waals surface area contributed by atoms with E-state index in [2.05, 4.69) is 15.2 Å². The monoisotopic (exact) mass is 379 g/mol. The molecule has 1 aliphatic rings. The minimum absolute atomic E-state index is 0.0582. The van der Waals surface area contributed by atoms with Crippen LogP contribution in [0.25, 0.3) is 4.96 Å². The highest BCUT2D eigenvalue weighted by Gasteiger charge is 2.20. The number of hydrogen-bond donors (Lipinski definition) is 1. The molecule has 0 aliphatic carbocycles. The highest BCUT2D eigenvalue weighted by atomic mass is 32.2. The fraction of sp³-hybridized carbons (Fsp3) is 0.467. The summed E-state index contributed by atoms with van der Waals surface area (Å²) in [5, 5.41) is 9.07. The molecule has 0 amide bonds. The SMILES string of the molecule is Cc1csc2nc(CSc3n[nH]c(=O)n3CC3CCCO3)cc(=O)n12. The Morgan fingerprint density at radius 3 is 3.16 bits per heavy atom. The molecule has 0 spiro atoms. The van der Waals surface area contributed by atoms with Gasteiger partial charge in [0, 0.05) is 29.5 Å². The number of nitrogens with zero attached hydrogens (tertiary/aromatic N) is 4. The lowest BCUT2D eigenvalue weighted by atomic mass is 10.2. The van der Waals surface area contributed by atoms with Gasteiger partial charge >= 0.3 is 5.69 Å². The van der Waals surface area contributed by atoms with Gasteiger partial charge in [-0.15, -0.1) is 16.4 Å². The lowest BCUT2D eigenvalue weighted by Crippen LogP contribution is -2.25.